The van der Waals surface area contributed by atoms with E-state index < -0.39 is 0 Å². The highest BCUT2D eigenvalue weighted by atomic mass is 16.3. The van der Waals surface area contributed by atoms with Gasteiger partial charge in [-0.2, -0.15) is 0 Å². The number of hydrogen-bond donors (Lipinski definition) is 2. The lowest BCUT2D eigenvalue weighted by Crippen LogP contribution is -2.47. The molecule has 0 saturated carbocycles. The van der Waals surface area contributed by atoms with Gasteiger partial charge in [0.1, 0.15) is 0 Å². The highest BCUT2D eigenvalue weighted by molar-refractivity contribution is 5.47. The zero-order chi connectivity index (χ0) is 17.4. The lowest BCUT2D eigenvalue weighted by molar-refractivity contribution is 0.112. The first kappa shape index (κ1) is 19.2. The number of hydrogen-bond acceptors (Lipinski definition) is 4. The molecule has 1 saturated heterocycles. The number of rotatable bonds is 8. The SMILES string of the molecule is CC(C)(C)c1cccc(NCCCCN2CCN(CCO)CC2)c1. The molecule has 0 unspecified atom stereocenters. The molecule has 0 aliphatic carbocycles. The van der Waals surface area contributed by atoms with E-state index in [1.54, 1.807) is 0 Å². The summed E-state index contributed by atoms with van der Waals surface area (Å²) >= 11 is 0. The van der Waals surface area contributed by atoms with Crippen LogP contribution in [0.3, 0.4) is 0 Å². The summed E-state index contributed by atoms with van der Waals surface area (Å²) in [6.45, 7) is 14.6. The Kier molecular flexibility index (Phi) is 7.53. The second-order valence-corrected chi connectivity index (χ2v) is 7.87. The molecule has 2 N–H and O–H groups in total. The highest BCUT2D eigenvalue weighted by Gasteiger charge is 2.15. The fourth-order valence-electron chi connectivity index (χ4n) is 3.17. The van der Waals surface area contributed by atoms with Crippen LogP contribution < -0.4 is 5.32 Å². The Morgan fingerprint density at radius 2 is 1.67 bits per heavy atom. The Bertz CT molecular complexity index is 476. The van der Waals surface area contributed by atoms with E-state index in [-0.39, 0.29) is 12.0 Å². The largest absolute Gasteiger partial charge is 0.395 e. The number of nitrogens with one attached hydrogen (secondary N) is 1. The van der Waals surface area contributed by atoms with Crippen LogP contribution >= 0.6 is 0 Å². The zero-order valence-corrected chi connectivity index (χ0v) is 15.7. The summed E-state index contributed by atoms with van der Waals surface area (Å²) in [6.07, 6.45) is 2.45. The fourth-order valence-corrected chi connectivity index (χ4v) is 3.17. The van der Waals surface area contributed by atoms with Crippen molar-refractivity contribution in [3.63, 3.8) is 0 Å². The van der Waals surface area contributed by atoms with Crippen LogP contribution in [-0.2, 0) is 5.41 Å². The van der Waals surface area contributed by atoms with Gasteiger partial charge in [0.05, 0.1) is 6.61 Å². The normalized spacial score (nSPS) is 17.2. The summed E-state index contributed by atoms with van der Waals surface area (Å²) in [7, 11) is 0. The summed E-state index contributed by atoms with van der Waals surface area (Å²) in [6, 6.07) is 8.80. The van der Waals surface area contributed by atoms with Crippen LogP contribution in [-0.4, -0.2) is 67.3 Å². The van der Waals surface area contributed by atoms with Gasteiger partial charge in [-0.1, -0.05) is 32.9 Å². The van der Waals surface area contributed by atoms with E-state index in [4.69, 9.17) is 5.11 Å². The number of β-amino-alcohol motifs (C(OH)–C–C–N with tert-alkyl or cyclic N) is 1. The lowest BCUT2D eigenvalue weighted by Gasteiger charge is -2.34. The first-order valence-electron chi connectivity index (χ1n) is 9.39. The molecule has 1 aromatic rings. The Morgan fingerprint density at radius 3 is 2.29 bits per heavy atom. The van der Waals surface area contributed by atoms with Crippen molar-refractivity contribution < 1.29 is 5.11 Å². The van der Waals surface area contributed by atoms with Crippen molar-refractivity contribution in [3.05, 3.63) is 29.8 Å². The van der Waals surface area contributed by atoms with Crippen LogP contribution in [0.25, 0.3) is 0 Å². The van der Waals surface area contributed by atoms with E-state index in [9.17, 15) is 0 Å². The van der Waals surface area contributed by atoms with Gasteiger partial charge in [-0.05, 0) is 42.5 Å². The maximum absolute atomic E-state index is 8.98. The third-order valence-electron chi connectivity index (χ3n) is 4.84. The minimum atomic E-state index is 0.204. The van der Waals surface area contributed by atoms with Gasteiger partial charge in [-0.25, -0.2) is 0 Å². The quantitative estimate of drug-likeness (QED) is 0.718. The molecule has 0 bridgehead atoms. The number of piperazine rings is 1. The molecule has 1 heterocycles. The topological polar surface area (TPSA) is 38.7 Å². The predicted octanol–water partition coefficient (Wildman–Crippen LogP) is 2.79. The number of aliphatic hydroxyl groups is 1. The lowest BCUT2D eigenvalue weighted by atomic mass is 9.87. The molecule has 0 aromatic heterocycles. The summed E-state index contributed by atoms with van der Waals surface area (Å²) in [5.74, 6) is 0. The minimum Gasteiger partial charge on any atom is -0.395 e. The first-order valence-corrected chi connectivity index (χ1v) is 9.39. The van der Waals surface area contributed by atoms with Crippen molar-refractivity contribution in [2.24, 2.45) is 0 Å². The molecule has 0 amide bonds. The molecule has 4 heteroatoms. The molecular formula is C20H35N3O. The van der Waals surface area contributed by atoms with Crippen LogP contribution in [0.1, 0.15) is 39.2 Å². The number of aliphatic hydroxyl groups excluding tert-OH is 1. The van der Waals surface area contributed by atoms with Gasteiger partial charge >= 0.3 is 0 Å². The maximum atomic E-state index is 8.98. The van der Waals surface area contributed by atoms with E-state index in [1.165, 1.54) is 30.6 Å². The van der Waals surface area contributed by atoms with Crippen molar-refractivity contribution >= 4 is 5.69 Å². The third-order valence-corrected chi connectivity index (χ3v) is 4.84. The Balaban J connectivity index is 1.60. The fraction of sp³-hybridized carbons (Fsp3) is 0.700. The average Bonchev–Trinajstić information content (AvgIpc) is 2.56. The molecule has 0 atom stereocenters. The molecule has 1 fully saturated rings. The van der Waals surface area contributed by atoms with E-state index in [0.717, 1.165) is 39.3 Å². The van der Waals surface area contributed by atoms with Gasteiger partial charge in [0, 0.05) is 45.0 Å². The van der Waals surface area contributed by atoms with Gasteiger partial charge in [0.15, 0.2) is 0 Å². The molecule has 0 spiro atoms. The molecule has 1 aromatic carbocycles. The van der Waals surface area contributed by atoms with Crippen molar-refractivity contribution in [2.45, 2.75) is 39.0 Å². The van der Waals surface area contributed by atoms with Gasteiger partial charge in [0.25, 0.3) is 0 Å². The van der Waals surface area contributed by atoms with Crippen molar-refractivity contribution in [1.82, 2.24) is 9.80 Å². The molecule has 4 nitrogen and oxygen atoms in total. The molecule has 24 heavy (non-hydrogen) atoms. The van der Waals surface area contributed by atoms with E-state index >= 15 is 0 Å². The standard InChI is InChI=1S/C20H35N3O/c1-20(2,3)18-7-6-8-19(17-18)21-9-4-5-10-22-11-13-23(14-12-22)15-16-24/h6-8,17,21,24H,4-5,9-16H2,1-3H3. The van der Waals surface area contributed by atoms with Gasteiger partial charge < -0.3 is 15.3 Å². The van der Waals surface area contributed by atoms with Crippen molar-refractivity contribution in [1.29, 1.82) is 0 Å². The highest BCUT2D eigenvalue weighted by Crippen LogP contribution is 2.24. The van der Waals surface area contributed by atoms with Crippen LogP contribution in [0.15, 0.2) is 24.3 Å². The molecule has 2 rings (SSSR count). The molecule has 0 radical (unpaired) electrons. The zero-order valence-electron chi connectivity index (χ0n) is 15.7. The molecule has 1 aliphatic heterocycles. The number of anilines is 1. The molecule has 1 aliphatic rings. The van der Waals surface area contributed by atoms with Crippen LogP contribution in [0, 0.1) is 0 Å². The number of unbranched alkanes of at least 4 members (excludes halogenated alkanes) is 1. The summed E-state index contributed by atoms with van der Waals surface area (Å²) < 4.78 is 0. The van der Waals surface area contributed by atoms with Gasteiger partial charge in [0.2, 0.25) is 0 Å². The van der Waals surface area contributed by atoms with Crippen molar-refractivity contribution in [2.75, 3.05) is 57.7 Å². The van der Waals surface area contributed by atoms with Crippen LogP contribution in [0.2, 0.25) is 0 Å². The number of nitrogens with zero attached hydrogens (tertiary/aromatic N) is 2. The van der Waals surface area contributed by atoms with Gasteiger partial charge in [-0.15, -0.1) is 0 Å². The molecular weight excluding hydrogens is 298 g/mol. The monoisotopic (exact) mass is 333 g/mol. The summed E-state index contributed by atoms with van der Waals surface area (Å²) in [5, 5.41) is 12.5. The van der Waals surface area contributed by atoms with Crippen molar-refractivity contribution in [3.8, 4) is 0 Å². The maximum Gasteiger partial charge on any atom is 0.0558 e. The number of benzene rings is 1. The molecule has 136 valence electrons. The first-order chi connectivity index (χ1) is 11.5. The van der Waals surface area contributed by atoms with E-state index in [0.29, 0.717) is 0 Å². The minimum absolute atomic E-state index is 0.204. The summed E-state index contributed by atoms with van der Waals surface area (Å²) in [4.78, 5) is 4.90. The predicted molar refractivity (Wildman–Crippen MR) is 103 cm³/mol. The third kappa shape index (κ3) is 6.42. The second-order valence-electron chi connectivity index (χ2n) is 7.87. The van der Waals surface area contributed by atoms with E-state index in [1.807, 2.05) is 0 Å². The Hall–Kier alpha value is -1.10. The summed E-state index contributed by atoms with van der Waals surface area (Å²) in [5.41, 5.74) is 2.82. The average molecular weight is 334 g/mol. The van der Waals surface area contributed by atoms with Crippen LogP contribution in [0.5, 0.6) is 0 Å². The van der Waals surface area contributed by atoms with Gasteiger partial charge in [-0.3, -0.25) is 4.90 Å². The smallest absolute Gasteiger partial charge is 0.0558 e. The van der Waals surface area contributed by atoms with E-state index in [2.05, 4.69) is 60.2 Å². The Morgan fingerprint density at radius 1 is 1.00 bits per heavy atom. The Labute approximate surface area is 147 Å². The van der Waals surface area contributed by atoms with Crippen LogP contribution in [0.4, 0.5) is 5.69 Å². The second kappa shape index (κ2) is 9.40.